The predicted molar refractivity (Wildman–Crippen MR) is 90.5 cm³/mol. The van der Waals surface area contributed by atoms with E-state index >= 15 is 0 Å². The Bertz CT molecular complexity index is 715. The highest BCUT2D eigenvalue weighted by molar-refractivity contribution is 6.05. The van der Waals surface area contributed by atoms with Crippen molar-refractivity contribution in [3.63, 3.8) is 0 Å². The van der Waals surface area contributed by atoms with Crippen LogP contribution in [0, 0.1) is 0 Å². The minimum absolute atomic E-state index is 0.281. The van der Waals surface area contributed by atoms with Crippen molar-refractivity contribution in [2.24, 2.45) is 0 Å². The Labute approximate surface area is 140 Å². The number of carbonyl (C=O) groups is 1. The van der Waals surface area contributed by atoms with Crippen molar-refractivity contribution in [1.82, 2.24) is 19.9 Å². The van der Waals surface area contributed by atoms with Crippen LogP contribution in [0.3, 0.4) is 0 Å². The number of nitrogens with zero attached hydrogens (tertiary/aromatic N) is 5. The number of rotatable bonds is 4. The Kier molecular flexibility index (Phi) is 4.85. The lowest BCUT2D eigenvalue weighted by Crippen LogP contribution is -2.44. The van der Waals surface area contributed by atoms with Crippen LogP contribution < -0.4 is 15.0 Å². The molecule has 0 atom stereocenters. The molecule has 8 heteroatoms. The summed E-state index contributed by atoms with van der Waals surface area (Å²) in [5, 5.41) is 2.77. The third-order valence-corrected chi connectivity index (χ3v) is 3.93. The van der Waals surface area contributed by atoms with Gasteiger partial charge in [-0.15, -0.1) is 0 Å². The molecule has 0 spiro atoms. The van der Waals surface area contributed by atoms with E-state index in [-0.39, 0.29) is 11.8 Å². The second kappa shape index (κ2) is 7.22. The molecule has 8 nitrogen and oxygen atoms in total. The molecule has 1 amide bonds. The summed E-state index contributed by atoms with van der Waals surface area (Å²) in [6, 6.07) is 5.13. The molecule has 24 heavy (non-hydrogen) atoms. The average Bonchev–Trinajstić information content (AvgIpc) is 2.62. The number of aromatic nitrogens is 3. The van der Waals surface area contributed by atoms with Crippen LogP contribution in [-0.2, 0) is 0 Å². The van der Waals surface area contributed by atoms with Crippen molar-refractivity contribution in [1.29, 1.82) is 0 Å². The molecule has 3 rings (SSSR count). The molecule has 0 radical (unpaired) electrons. The number of likely N-dealkylation sites (N-methyl/N-ethyl adjacent to an activating group) is 1. The third-order valence-electron chi connectivity index (χ3n) is 3.93. The lowest BCUT2D eigenvalue weighted by Gasteiger charge is -2.33. The molecular weight excluding hydrogens is 308 g/mol. The zero-order valence-corrected chi connectivity index (χ0v) is 13.8. The molecule has 1 fully saturated rings. The van der Waals surface area contributed by atoms with Gasteiger partial charge in [-0.25, -0.2) is 15.0 Å². The van der Waals surface area contributed by atoms with Crippen LogP contribution in [0.1, 0.15) is 10.4 Å². The minimum atomic E-state index is -0.317. The molecule has 1 aliphatic heterocycles. The number of nitrogens with one attached hydrogen (secondary N) is 1. The first kappa shape index (κ1) is 16.1. The first-order valence-electron chi connectivity index (χ1n) is 7.73. The van der Waals surface area contributed by atoms with E-state index in [1.807, 2.05) is 0 Å². The minimum Gasteiger partial charge on any atom is -0.480 e. The monoisotopic (exact) mass is 328 g/mol. The van der Waals surface area contributed by atoms with Crippen molar-refractivity contribution in [2.75, 3.05) is 50.6 Å². The van der Waals surface area contributed by atoms with Crippen molar-refractivity contribution >= 4 is 17.5 Å². The quantitative estimate of drug-likeness (QED) is 0.892. The van der Waals surface area contributed by atoms with Gasteiger partial charge in [0.05, 0.1) is 7.11 Å². The Morgan fingerprint density at radius 3 is 2.75 bits per heavy atom. The molecule has 1 aliphatic rings. The number of pyridine rings is 1. The van der Waals surface area contributed by atoms with Gasteiger partial charge in [-0.1, -0.05) is 0 Å². The van der Waals surface area contributed by atoms with E-state index in [2.05, 4.69) is 37.1 Å². The van der Waals surface area contributed by atoms with Crippen LogP contribution in [0.25, 0.3) is 0 Å². The molecule has 1 saturated heterocycles. The summed E-state index contributed by atoms with van der Waals surface area (Å²) in [7, 11) is 3.58. The van der Waals surface area contributed by atoms with Crippen LogP contribution in [0.2, 0.25) is 0 Å². The summed E-state index contributed by atoms with van der Waals surface area (Å²) in [4.78, 5) is 29.3. The number of ether oxygens (including phenoxy) is 1. The number of hydrogen-bond acceptors (Lipinski definition) is 7. The van der Waals surface area contributed by atoms with Crippen LogP contribution in [0.15, 0.2) is 30.7 Å². The van der Waals surface area contributed by atoms with E-state index < -0.39 is 0 Å². The largest absolute Gasteiger partial charge is 0.480 e. The van der Waals surface area contributed by atoms with E-state index in [9.17, 15) is 4.79 Å². The Morgan fingerprint density at radius 2 is 2.00 bits per heavy atom. The molecule has 0 aliphatic carbocycles. The van der Waals surface area contributed by atoms with Crippen LogP contribution in [0.5, 0.6) is 5.88 Å². The highest BCUT2D eigenvalue weighted by Gasteiger charge is 2.17. The van der Waals surface area contributed by atoms with Gasteiger partial charge in [0.15, 0.2) is 0 Å². The van der Waals surface area contributed by atoms with Crippen LogP contribution in [-0.4, -0.2) is 66.1 Å². The number of hydrogen-bond donors (Lipinski definition) is 1. The van der Waals surface area contributed by atoms with Crippen LogP contribution >= 0.6 is 0 Å². The summed E-state index contributed by atoms with van der Waals surface area (Å²) in [6.07, 6.45) is 3.04. The molecule has 126 valence electrons. The summed E-state index contributed by atoms with van der Waals surface area (Å²) in [5.41, 5.74) is 0.361. The SMILES string of the molecule is COc1ncccc1C(=O)Nc1cc(N2CCN(C)CC2)ncn1. The Hall–Kier alpha value is -2.74. The van der Waals surface area contributed by atoms with Crippen molar-refractivity contribution < 1.29 is 9.53 Å². The number of amides is 1. The maximum Gasteiger partial charge on any atom is 0.262 e. The molecule has 0 bridgehead atoms. The van der Waals surface area contributed by atoms with Crippen molar-refractivity contribution in [3.8, 4) is 5.88 Å². The van der Waals surface area contributed by atoms with E-state index in [4.69, 9.17) is 4.74 Å². The maximum absolute atomic E-state index is 12.4. The topological polar surface area (TPSA) is 83.5 Å². The molecule has 1 N–H and O–H groups in total. The van der Waals surface area contributed by atoms with Gasteiger partial charge < -0.3 is 19.9 Å². The summed E-state index contributed by atoms with van der Waals surface area (Å²) >= 11 is 0. The predicted octanol–water partition coefficient (Wildman–Crippen LogP) is 0.884. The first-order valence-corrected chi connectivity index (χ1v) is 7.73. The lowest BCUT2D eigenvalue weighted by molar-refractivity contribution is 0.102. The molecule has 0 aromatic carbocycles. The highest BCUT2D eigenvalue weighted by Crippen LogP contribution is 2.18. The van der Waals surface area contributed by atoms with Gasteiger partial charge in [0.1, 0.15) is 23.5 Å². The highest BCUT2D eigenvalue weighted by atomic mass is 16.5. The van der Waals surface area contributed by atoms with Gasteiger partial charge in [-0.2, -0.15) is 0 Å². The fraction of sp³-hybridized carbons (Fsp3) is 0.375. The Morgan fingerprint density at radius 1 is 1.21 bits per heavy atom. The van der Waals surface area contributed by atoms with Gasteiger partial charge in [0.2, 0.25) is 5.88 Å². The maximum atomic E-state index is 12.4. The second-order valence-electron chi connectivity index (χ2n) is 5.57. The first-order chi connectivity index (χ1) is 11.7. The van der Waals surface area contributed by atoms with Crippen molar-refractivity contribution in [2.45, 2.75) is 0 Å². The van der Waals surface area contributed by atoms with Gasteiger partial charge in [0.25, 0.3) is 5.91 Å². The summed E-state index contributed by atoms with van der Waals surface area (Å²) in [5.74, 6) is 1.23. The summed E-state index contributed by atoms with van der Waals surface area (Å²) in [6.45, 7) is 3.77. The lowest BCUT2D eigenvalue weighted by atomic mass is 10.2. The molecule has 2 aromatic heterocycles. The molecule has 0 unspecified atom stereocenters. The molecule has 2 aromatic rings. The Balaban J connectivity index is 1.73. The third kappa shape index (κ3) is 3.60. The van der Waals surface area contributed by atoms with Gasteiger partial charge in [0, 0.05) is 38.4 Å². The number of carbonyl (C=O) groups excluding carboxylic acids is 1. The van der Waals surface area contributed by atoms with E-state index in [1.165, 1.54) is 13.4 Å². The summed E-state index contributed by atoms with van der Waals surface area (Å²) < 4.78 is 5.12. The van der Waals surface area contributed by atoms with E-state index in [0.29, 0.717) is 11.4 Å². The fourth-order valence-corrected chi connectivity index (χ4v) is 2.53. The number of methoxy groups -OCH3 is 1. The zero-order chi connectivity index (χ0) is 16.9. The van der Waals surface area contributed by atoms with Gasteiger partial charge in [-0.05, 0) is 19.2 Å². The van der Waals surface area contributed by atoms with Gasteiger partial charge >= 0.3 is 0 Å². The standard InChI is InChI=1S/C16H20N6O2/c1-21-6-8-22(9-7-21)14-10-13(18-11-19-14)20-15(23)12-4-3-5-17-16(12)24-2/h3-5,10-11H,6-9H2,1-2H3,(H,18,19,20,23). The number of anilines is 2. The smallest absolute Gasteiger partial charge is 0.262 e. The average molecular weight is 328 g/mol. The van der Waals surface area contributed by atoms with Gasteiger partial charge in [-0.3, -0.25) is 4.79 Å². The molecular formula is C16H20N6O2. The van der Waals surface area contributed by atoms with E-state index in [1.54, 1.807) is 24.4 Å². The fourth-order valence-electron chi connectivity index (χ4n) is 2.53. The normalized spacial score (nSPS) is 15.2. The second-order valence-corrected chi connectivity index (χ2v) is 5.57. The number of piperazine rings is 1. The van der Waals surface area contributed by atoms with Crippen LogP contribution in [0.4, 0.5) is 11.6 Å². The van der Waals surface area contributed by atoms with E-state index in [0.717, 1.165) is 32.0 Å². The molecule has 0 saturated carbocycles. The molecule has 3 heterocycles. The van der Waals surface area contributed by atoms with Crippen molar-refractivity contribution in [3.05, 3.63) is 36.3 Å². The zero-order valence-electron chi connectivity index (χ0n) is 13.8.